The molecule has 7 heteroatoms. The first-order chi connectivity index (χ1) is 13.0. The lowest BCUT2D eigenvalue weighted by atomic mass is 9.96. The van der Waals surface area contributed by atoms with Crippen molar-refractivity contribution in [2.45, 2.75) is 46.1 Å². The van der Waals surface area contributed by atoms with E-state index in [0.29, 0.717) is 18.2 Å². The summed E-state index contributed by atoms with van der Waals surface area (Å²) >= 11 is 0. The third-order valence-electron chi connectivity index (χ3n) is 4.80. The molecule has 1 saturated heterocycles. The predicted octanol–water partition coefficient (Wildman–Crippen LogP) is 2.48. The molecule has 2 aromatic rings. The summed E-state index contributed by atoms with van der Waals surface area (Å²) in [6, 6.07) is 7.62. The van der Waals surface area contributed by atoms with Crippen LogP contribution in [-0.4, -0.2) is 46.6 Å². The topological polar surface area (TPSA) is 81.1 Å². The summed E-state index contributed by atoms with van der Waals surface area (Å²) in [6.45, 7) is 8.66. The average Bonchev–Trinajstić information content (AvgIpc) is 3.04. The number of rotatable bonds is 7. The summed E-state index contributed by atoms with van der Waals surface area (Å²) in [7, 11) is 0. The molecule has 0 radical (unpaired) electrons. The van der Waals surface area contributed by atoms with E-state index in [0.717, 1.165) is 36.6 Å². The number of carbonyl (C=O) groups excluding carboxylic acids is 1. The van der Waals surface area contributed by atoms with E-state index in [-0.39, 0.29) is 12.0 Å². The summed E-state index contributed by atoms with van der Waals surface area (Å²) in [5.41, 5.74) is 1.95. The molecular formula is C20H29N5O2. The number of piperidine rings is 1. The molecule has 1 atom stereocenters. The Morgan fingerprint density at radius 3 is 2.81 bits per heavy atom. The van der Waals surface area contributed by atoms with Crippen molar-refractivity contribution >= 4 is 5.91 Å². The molecule has 0 aliphatic carbocycles. The molecule has 2 heterocycles. The highest BCUT2D eigenvalue weighted by Crippen LogP contribution is 2.18. The van der Waals surface area contributed by atoms with Crippen molar-refractivity contribution in [2.75, 3.05) is 19.6 Å². The lowest BCUT2D eigenvalue weighted by molar-refractivity contribution is 0.0945. The first-order valence-corrected chi connectivity index (χ1v) is 9.73. The minimum absolute atomic E-state index is 0.128. The van der Waals surface area contributed by atoms with Crippen LogP contribution in [0.2, 0.25) is 0 Å². The Morgan fingerprint density at radius 1 is 1.37 bits per heavy atom. The van der Waals surface area contributed by atoms with Gasteiger partial charge in [0.2, 0.25) is 0 Å². The molecule has 1 fully saturated rings. The SMILES string of the molecule is Cc1c(C(=O)NCCC2CCCNC2)nnn1-c1ccc(OC(C)C)cc1. The second kappa shape index (κ2) is 8.99. The van der Waals surface area contributed by atoms with Gasteiger partial charge in [-0.3, -0.25) is 4.79 Å². The Balaban J connectivity index is 1.59. The van der Waals surface area contributed by atoms with Gasteiger partial charge in [-0.15, -0.1) is 5.10 Å². The molecule has 0 bridgehead atoms. The first kappa shape index (κ1) is 19.4. The predicted molar refractivity (Wildman–Crippen MR) is 104 cm³/mol. The van der Waals surface area contributed by atoms with Crippen LogP contribution in [0.25, 0.3) is 5.69 Å². The number of ether oxygens (including phenoxy) is 1. The lowest BCUT2D eigenvalue weighted by Crippen LogP contribution is -2.33. The van der Waals surface area contributed by atoms with E-state index < -0.39 is 0 Å². The largest absolute Gasteiger partial charge is 0.491 e. The van der Waals surface area contributed by atoms with Gasteiger partial charge in [0.1, 0.15) is 5.75 Å². The maximum absolute atomic E-state index is 12.5. The van der Waals surface area contributed by atoms with Gasteiger partial charge in [-0.25, -0.2) is 4.68 Å². The zero-order chi connectivity index (χ0) is 19.2. The smallest absolute Gasteiger partial charge is 0.273 e. The number of nitrogens with zero attached hydrogens (tertiary/aromatic N) is 3. The molecule has 7 nitrogen and oxygen atoms in total. The van der Waals surface area contributed by atoms with Crippen LogP contribution in [0, 0.1) is 12.8 Å². The third-order valence-corrected chi connectivity index (χ3v) is 4.80. The summed E-state index contributed by atoms with van der Waals surface area (Å²) in [5.74, 6) is 1.28. The van der Waals surface area contributed by atoms with E-state index in [4.69, 9.17) is 4.74 Å². The van der Waals surface area contributed by atoms with Crippen molar-refractivity contribution in [3.63, 3.8) is 0 Å². The standard InChI is InChI=1S/C20H29N5O2/c1-14(2)27-18-8-6-17(7-9-18)25-15(3)19(23-24-25)20(26)22-12-10-16-5-4-11-21-13-16/h6-9,14,16,21H,4-5,10-13H2,1-3H3,(H,22,26). The van der Waals surface area contributed by atoms with E-state index in [9.17, 15) is 4.79 Å². The summed E-state index contributed by atoms with van der Waals surface area (Å²) in [6.07, 6.45) is 3.56. The van der Waals surface area contributed by atoms with Gasteiger partial charge in [0.25, 0.3) is 5.91 Å². The van der Waals surface area contributed by atoms with Crippen LogP contribution in [-0.2, 0) is 0 Å². The Morgan fingerprint density at radius 2 is 2.15 bits per heavy atom. The monoisotopic (exact) mass is 371 g/mol. The quantitative estimate of drug-likeness (QED) is 0.781. The van der Waals surface area contributed by atoms with Crippen molar-refractivity contribution in [3.8, 4) is 11.4 Å². The fourth-order valence-corrected chi connectivity index (χ4v) is 3.37. The fourth-order valence-electron chi connectivity index (χ4n) is 3.37. The van der Waals surface area contributed by atoms with Crippen LogP contribution in [0.4, 0.5) is 0 Å². The van der Waals surface area contributed by atoms with Crippen LogP contribution in [0.5, 0.6) is 5.75 Å². The van der Waals surface area contributed by atoms with E-state index in [2.05, 4.69) is 20.9 Å². The number of aromatic nitrogens is 3. The van der Waals surface area contributed by atoms with Gasteiger partial charge in [0, 0.05) is 6.54 Å². The van der Waals surface area contributed by atoms with Crippen molar-refractivity contribution in [1.82, 2.24) is 25.6 Å². The van der Waals surface area contributed by atoms with Gasteiger partial charge >= 0.3 is 0 Å². The average molecular weight is 371 g/mol. The number of carbonyl (C=O) groups is 1. The molecule has 1 aliphatic heterocycles. The molecular weight excluding hydrogens is 342 g/mol. The number of hydrogen-bond donors (Lipinski definition) is 2. The van der Waals surface area contributed by atoms with Crippen LogP contribution >= 0.6 is 0 Å². The molecule has 0 saturated carbocycles. The molecule has 146 valence electrons. The highest BCUT2D eigenvalue weighted by atomic mass is 16.5. The van der Waals surface area contributed by atoms with Crippen LogP contribution < -0.4 is 15.4 Å². The number of benzene rings is 1. The molecule has 2 N–H and O–H groups in total. The third kappa shape index (κ3) is 5.07. The van der Waals surface area contributed by atoms with Crippen LogP contribution in [0.3, 0.4) is 0 Å². The second-order valence-electron chi connectivity index (χ2n) is 7.35. The maximum Gasteiger partial charge on any atom is 0.273 e. The normalized spacial score (nSPS) is 17.1. The molecule has 27 heavy (non-hydrogen) atoms. The van der Waals surface area contributed by atoms with Crippen molar-refractivity contribution in [1.29, 1.82) is 0 Å². The van der Waals surface area contributed by atoms with Gasteiger partial charge in [0.05, 0.1) is 17.5 Å². The van der Waals surface area contributed by atoms with Crippen molar-refractivity contribution < 1.29 is 9.53 Å². The molecule has 1 aliphatic rings. The van der Waals surface area contributed by atoms with Gasteiger partial charge in [0.15, 0.2) is 5.69 Å². The maximum atomic E-state index is 12.5. The molecule has 0 spiro atoms. The van der Waals surface area contributed by atoms with E-state index in [1.165, 1.54) is 12.8 Å². The number of amides is 1. The molecule has 3 rings (SSSR count). The lowest BCUT2D eigenvalue weighted by Gasteiger charge is -2.22. The summed E-state index contributed by atoms with van der Waals surface area (Å²) in [5, 5.41) is 14.6. The molecule has 1 aromatic carbocycles. The van der Waals surface area contributed by atoms with Crippen molar-refractivity contribution in [3.05, 3.63) is 35.7 Å². The summed E-state index contributed by atoms with van der Waals surface area (Å²) < 4.78 is 7.34. The Labute approximate surface area is 160 Å². The first-order valence-electron chi connectivity index (χ1n) is 9.73. The molecule has 1 unspecified atom stereocenters. The zero-order valence-electron chi connectivity index (χ0n) is 16.4. The van der Waals surface area contributed by atoms with Gasteiger partial charge in [-0.2, -0.15) is 0 Å². The highest BCUT2D eigenvalue weighted by molar-refractivity contribution is 5.93. The highest BCUT2D eigenvalue weighted by Gasteiger charge is 2.18. The van der Waals surface area contributed by atoms with Gasteiger partial charge in [-0.1, -0.05) is 5.21 Å². The van der Waals surface area contributed by atoms with Gasteiger partial charge < -0.3 is 15.4 Å². The number of nitrogens with one attached hydrogen (secondary N) is 2. The van der Waals surface area contributed by atoms with Gasteiger partial charge in [-0.05, 0) is 83.3 Å². The molecule has 1 aromatic heterocycles. The van der Waals surface area contributed by atoms with E-state index >= 15 is 0 Å². The Hall–Kier alpha value is -2.41. The van der Waals surface area contributed by atoms with Crippen LogP contribution in [0.15, 0.2) is 24.3 Å². The minimum Gasteiger partial charge on any atom is -0.491 e. The number of hydrogen-bond acceptors (Lipinski definition) is 5. The fraction of sp³-hybridized carbons (Fsp3) is 0.550. The molecule has 1 amide bonds. The van der Waals surface area contributed by atoms with E-state index in [1.807, 2.05) is 45.0 Å². The van der Waals surface area contributed by atoms with Crippen molar-refractivity contribution in [2.24, 2.45) is 5.92 Å². The second-order valence-corrected chi connectivity index (χ2v) is 7.35. The van der Waals surface area contributed by atoms with E-state index in [1.54, 1.807) is 4.68 Å². The Bertz CT molecular complexity index is 748. The summed E-state index contributed by atoms with van der Waals surface area (Å²) in [4.78, 5) is 12.5. The van der Waals surface area contributed by atoms with Crippen LogP contribution in [0.1, 0.15) is 49.3 Å². The minimum atomic E-state index is -0.165. The zero-order valence-corrected chi connectivity index (χ0v) is 16.4. The Kier molecular flexibility index (Phi) is 6.45.